The molecule has 0 spiro atoms. The van der Waals surface area contributed by atoms with Crippen molar-refractivity contribution in [3.8, 4) is 5.88 Å². The van der Waals surface area contributed by atoms with E-state index in [1.165, 1.54) is 16.9 Å². The summed E-state index contributed by atoms with van der Waals surface area (Å²) in [7, 11) is 0. The third-order valence-corrected chi connectivity index (χ3v) is 2.07. The lowest BCUT2D eigenvalue weighted by molar-refractivity contribution is 0.224. The molecule has 1 aromatic carbocycles. The van der Waals surface area contributed by atoms with Gasteiger partial charge in [-0.25, -0.2) is 13.9 Å². The summed E-state index contributed by atoms with van der Waals surface area (Å²) in [5.74, 6) is -0.361. The molecule has 17 heavy (non-hydrogen) atoms. The standard InChI is InChI=1S/C10H7ClFN3O2/c11-10(16)17-9-6-15(14-13-9)5-7-3-1-2-4-8(7)12/h1-4,6H,5H2. The molecule has 1 heterocycles. The largest absolute Gasteiger partial charge is 0.410 e. The van der Waals surface area contributed by atoms with Crippen molar-refractivity contribution in [3.05, 3.63) is 41.8 Å². The van der Waals surface area contributed by atoms with Crippen LogP contribution in [0.1, 0.15) is 5.56 Å². The van der Waals surface area contributed by atoms with E-state index in [4.69, 9.17) is 11.6 Å². The van der Waals surface area contributed by atoms with Gasteiger partial charge >= 0.3 is 5.43 Å². The average Bonchev–Trinajstić information content (AvgIpc) is 2.68. The second kappa shape index (κ2) is 4.92. The van der Waals surface area contributed by atoms with E-state index in [1.54, 1.807) is 18.2 Å². The van der Waals surface area contributed by atoms with E-state index in [1.807, 2.05) is 0 Å². The summed E-state index contributed by atoms with van der Waals surface area (Å²) in [5, 5.41) is 7.21. The van der Waals surface area contributed by atoms with Crippen molar-refractivity contribution in [2.45, 2.75) is 6.54 Å². The lowest BCUT2D eigenvalue weighted by Gasteiger charge is -2.01. The van der Waals surface area contributed by atoms with E-state index in [2.05, 4.69) is 15.0 Å². The highest BCUT2D eigenvalue weighted by Gasteiger charge is 2.07. The molecule has 0 bridgehead atoms. The molecule has 0 saturated carbocycles. The molecule has 0 aliphatic rings. The van der Waals surface area contributed by atoms with Crippen molar-refractivity contribution in [1.82, 2.24) is 15.0 Å². The molecular weight excluding hydrogens is 249 g/mol. The Morgan fingerprint density at radius 3 is 2.94 bits per heavy atom. The summed E-state index contributed by atoms with van der Waals surface area (Å²) in [6.07, 6.45) is 1.35. The maximum Gasteiger partial charge on any atom is 0.410 e. The number of rotatable bonds is 3. The Morgan fingerprint density at radius 2 is 2.24 bits per heavy atom. The molecule has 5 nitrogen and oxygen atoms in total. The van der Waals surface area contributed by atoms with Gasteiger partial charge in [-0.2, -0.15) is 0 Å². The molecular formula is C10H7ClFN3O2. The summed E-state index contributed by atoms with van der Waals surface area (Å²) in [5.41, 5.74) is -0.538. The molecule has 0 aliphatic carbocycles. The minimum atomic E-state index is -0.997. The monoisotopic (exact) mass is 255 g/mol. The van der Waals surface area contributed by atoms with Gasteiger partial charge in [-0.15, -0.1) is 0 Å². The fourth-order valence-corrected chi connectivity index (χ4v) is 1.37. The van der Waals surface area contributed by atoms with Gasteiger partial charge in [0.1, 0.15) is 5.82 Å². The Labute approximate surface area is 101 Å². The zero-order valence-corrected chi connectivity index (χ0v) is 9.26. The van der Waals surface area contributed by atoms with Crippen LogP contribution in [0.4, 0.5) is 9.18 Å². The molecule has 0 N–H and O–H groups in total. The van der Waals surface area contributed by atoms with Crippen LogP contribution in [0.15, 0.2) is 30.5 Å². The molecule has 2 aromatic rings. The highest BCUT2D eigenvalue weighted by molar-refractivity contribution is 6.61. The normalized spacial score (nSPS) is 10.2. The lowest BCUT2D eigenvalue weighted by Crippen LogP contribution is -2.02. The van der Waals surface area contributed by atoms with Gasteiger partial charge in [0.05, 0.1) is 12.7 Å². The number of hydrogen-bond donors (Lipinski definition) is 0. The average molecular weight is 256 g/mol. The summed E-state index contributed by atoms with van der Waals surface area (Å²) < 4.78 is 19.2. The van der Waals surface area contributed by atoms with Crippen LogP contribution in [-0.4, -0.2) is 20.4 Å². The molecule has 0 fully saturated rings. The number of carbonyl (C=O) groups excluding carboxylic acids is 1. The first kappa shape index (κ1) is 11.5. The molecule has 0 unspecified atom stereocenters. The van der Waals surface area contributed by atoms with Crippen LogP contribution in [0.3, 0.4) is 0 Å². The maximum atomic E-state index is 13.3. The minimum Gasteiger partial charge on any atom is -0.392 e. The second-order valence-corrected chi connectivity index (χ2v) is 3.49. The summed E-state index contributed by atoms with van der Waals surface area (Å²) >= 11 is 5.01. The molecule has 0 amide bonds. The minimum absolute atomic E-state index is 0.0265. The van der Waals surface area contributed by atoms with E-state index in [0.29, 0.717) is 5.56 Å². The van der Waals surface area contributed by atoms with Gasteiger partial charge in [-0.1, -0.05) is 28.5 Å². The van der Waals surface area contributed by atoms with Crippen LogP contribution in [0.25, 0.3) is 0 Å². The molecule has 0 saturated heterocycles. The van der Waals surface area contributed by atoms with Gasteiger partial charge in [0.25, 0.3) is 5.88 Å². The lowest BCUT2D eigenvalue weighted by atomic mass is 10.2. The number of carbonyl (C=O) groups is 1. The zero-order chi connectivity index (χ0) is 12.3. The van der Waals surface area contributed by atoms with Crippen molar-refractivity contribution < 1.29 is 13.9 Å². The maximum absolute atomic E-state index is 13.3. The molecule has 0 atom stereocenters. The van der Waals surface area contributed by atoms with Crippen LogP contribution in [0.2, 0.25) is 0 Å². The second-order valence-electron chi connectivity index (χ2n) is 3.19. The Balaban J connectivity index is 2.12. The fourth-order valence-electron chi connectivity index (χ4n) is 1.29. The molecule has 0 radical (unpaired) electrons. The quantitative estimate of drug-likeness (QED) is 0.789. The van der Waals surface area contributed by atoms with Crippen LogP contribution >= 0.6 is 11.6 Å². The topological polar surface area (TPSA) is 57.0 Å². The first-order valence-electron chi connectivity index (χ1n) is 4.66. The first-order chi connectivity index (χ1) is 8.15. The van der Waals surface area contributed by atoms with Gasteiger partial charge < -0.3 is 4.74 Å². The van der Waals surface area contributed by atoms with Gasteiger partial charge in [-0.3, -0.25) is 0 Å². The van der Waals surface area contributed by atoms with Gasteiger partial charge in [-0.05, 0) is 6.07 Å². The third-order valence-electron chi connectivity index (χ3n) is 1.99. The van der Waals surface area contributed by atoms with E-state index in [9.17, 15) is 9.18 Å². The SMILES string of the molecule is O=C(Cl)Oc1cn(Cc2ccccc2F)nn1. The van der Waals surface area contributed by atoms with Gasteiger partial charge in [0, 0.05) is 17.2 Å². The Morgan fingerprint density at radius 1 is 1.47 bits per heavy atom. The smallest absolute Gasteiger partial charge is 0.392 e. The van der Waals surface area contributed by atoms with Crippen molar-refractivity contribution >= 4 is 17.0 Å². The van der Waals surface area contributed by atoms with Crippen molar-refractivity contribution in [1.29, 1.82) is 0 Å². The zero-order valence-electron chi connectivity index (χ0n) is 8.51. The Kier molecular flexibility index (Phi) is 3.34. The summed E-state index contributed by atoms with van der Waals surface area (Å²) in [6, 6.07) is 6.30. The van der Waals surface area contributed by atoms with Crippen LogP contribution in [0, 0.1) is 5.82 Å². The third kappa shape index (κ3) is 3.01. The number of benzene rings is 1. The first-order valence-corrected chi connectivity index (χ1v) is 5.04. The molecule has 88 valence electrons. The van der Waals surface area contributed by atoms with E-state index < -0.39 is 5.43 Å². The molecule has 7 heteroatoms. The highest BCUT2D eigenvalue weighted by atomic mass is 35.5. The predicted molar refractivity (Wildman–Crippen MR) is 57.4 cm³/mol. The van der Waals surface area contributed by atoms with Gasteiger partial charge in [0.15, 0.2) is 0 Å². The van der Waals surface area contributed by atoms with Crippen molar-refractivity contribution in [2.75, 3.05) is 0 Å². The van der Waals surface area contributed by atoms with Crippen molar-refractivity contribution in [2.24, 2.45) is 0 Å². The summed E-state index contributed by atoms with van der Waals surface area (Å²) in [4.78, 5) is 10.4. The Hall–Kier alpha value is -1.95. The van der Waals surface area contributed by atoms with E-state index >= 15 is 0 Å². The number of aromatic nitrogens is 3. The number of ether oxygens (including phenoxy) is 1. The van der Waals surface area contributed by atoms with E-state index in [-0.39, 0.29) is 18.2 Å². The van der Waals surface area contributed by atoms with Crippen LogP contribution in [-0.2, 0) is 6.54 Å². The molecule has 1 aromatic heterocycles. The number of hydrogen-bond acceptors (Lipinski definition) is 4. The van der Waals surface area contributed by atoms with Crippen LogP contribution in [0.5, 0.6) is 5.88 Å². The number of halogens is 2. The molecule has 0 aliphatic heterocycles. The van der Waals surface area contributed by atoms with Crippen LogP contribution < -0.4 is 4.74 Å². The fraction of sp³-hybridized carbons (Fsp3) is 0.100. The predicted octanol–water partition coefficient (Wildman–Crippen LogP) is 2.20. The van der Waals surface area contributed by atoms with Gasteiger partial charge in [0.2, 0.25) is 0 Å². The van der Waals surface area contributed by atoms with Crippen molar-refractivity contribution in [3.63, 3.8) is 0 Å². The highest BCUT2D eigenvalue weighted by Crippen LogP contribution is 2.10. The summed E-state index contributed by atoms with van der Waals surface area (Å²) in [6.45, 7) is 0.194. The van der Waals surface area contributed by atoms with E-state index in [0.717, 1.165) is 0 Å². The molecule has 2 rings (SSSR count). The number of nitrogens with zero attached hydrogens (tertiary/aromatic N) is 3. The Bertz CT molecular complexity index is 544.